The second-order valence-corrected chi connectivity index (χ2v) is 10.0. The first-order valence-corrected chi connectivity index (χ1v) is 12.3. The van der Waals surface area contributed by atoms with E-state index in [9.17, 15) is 18.0 Å². The third-order valence-corrected chi connectivity index (χ3v) is 5.65. The van der Waals surface area contributed by atoms with Gasteiger partial charge in [0.05, 0.1) is 24.5 Å². The fourth-order valence-electron chi connectivity index (χ4n) is 3.50. The molecule has 34 heavy (non-hydrogen) atoms. The SMILES string of the molecule is CC(=O)NC[C@H]1CN(c2ccc(-c3ccc4nc(C=NCS(C)(=O)=O)cn4c3)c(F)c2)C(=O)O1. The minimum atomic E-state index is -3.22. The molecule has 1 saturated heterocycles. The average molecular weight is 488 g/mol. The number of aromatic nitrogens is 2. The lowest BCUT2D eigenvalue weighted by Gasteiger charge is -2.14. The Morgan fingerprint density at radius 1 is 1.32 bits per heavy atom. The summed E-state index contributed by atoms with van der Waals surface area (Å²) in [6, 6.07) is 7.89. The number of hydrogen-bond acceptors (Lipinski definition) is 7. The van der Waals surface area contributed by atoms with Crippen LogP contribution in [0.15, 0.2) is 47.7 Å². The number of cyclic esters (lactones) is 1. The van der Waals surface area contributed by atoms with Gasteiger partial charge in [0.25, 0.3) is 0 Å². The Balaban J connectivity index is 1.53. The van der Waals surface area contributed by atoms with E-state index in [1.165, 1.54) is 24.1 Å². The van der Waals surface area contributed by atoms with Crippen LogP contribution in [0.1, 0.15) is 12.6 Å². The molecular weight excluding hydrogens is 465 g/mol. The summed E-state index contributed by atoms with van der Waals surface area (Å²) < 4.78 is 44.3. The zero-order valence-electron chi connectivity index (χ0n) is 18.4. The number of carbonyl (C=O) groups excluding carboxylic acids is 2. The van der Waals surface area contributed by atoms with Gasteiger partial charge < -0.3 is 14.5 Å². The lowest BCUT2D eigenvalue weighted by atomic mass is 10.1. The Morgan fingerprint density at radius 3 is 2.82 bits per heavy atom. The number of anilines is 1. The fourth-order valence-corrected chi connectivity index (χ4v) is 3.85. The van der Waals surface area contributed by atoms with Gasteiger partial charge >= 0.3 is 6.09 Å². The van der Waals surface area contributed by atoms with Gasteiger partial charge in [-0.25, -0.2) is 22.6 Å². The van der Waals surface area contributed by atoms with Gasteiger partial charge in [0.1, 0.15) is 23.4 Å². The second-order valence-electron chi connectivity index (χ2n) is 7.93. The van der Waals surface area contributed by atoms with E-state index in [1.807, 2.05) is 0 Å². The van der Waals surface area contributed by atoms with Gasteiger partial charge in [-0.15, -0.1) is 0 Å². The number of aliphatic imine (C=N–C) groups is 1. The molecule has 2 aromatic heterocycles. The molecule has 178 valence electrons. The number of sulfone groups is 1. The predicted octanol–water partition coefficient (Wildman–Crippen LogP) is 2.02. The van der Waals surface area contributed by atoms with Gasteiger partial charge in [-0.1, -0.05) is 0 Å². The summed E-state index contributed by atoms with van der Waals surface area (Å²) >= 11 is 0. The van der Waals surface area contributed by atoms with E-state index >= 15 is 4.39 Å². The van der Waals surface area contributed by atoms with Gasteiger partial charge in [-0.2, -0.15) is 0 Å². The Kier molecular flexibility index (Phi) is 6.33. The molecule has 10 nitrogen and oxygen atoms in total. The van der Waals surface area contributed by atoms with Crippen LogP contribution in [0.3, 0.4) is 0 Å². The number of pyridine rings is 1. The summed E-state index contributed by atoms with van der Waals surface area (Å²) in [5, 5.41) is 2.60. The van der Waals surface area contributed by atoms with E-state index in [0.717, 1.165) is 6.26 Å². The highest BCUT2D eigenvalue weighted by atomic mass is 32.2. The summed E-state index contributed by atoms with van der Waals surface area (Å²) in [6.07, 6.45) is 4.70. The highest BCUT2D eigenvalue weighted by Crippen LogP contribution is 2.29. The molecule has 1 aliphatic rings. The Bertz CT molecular complexity index is 1400. The second kappa shape index (κ2) is 9.21. The van der Waals surface area contributed by atoms with Crippen LogP contribution in [0.2, 0.25) is 0 Å². The Labute approximate surface area is 195 Å². The quantitative estimate of drug-likeness (QED) is 0.509. The smallest absolute Gasteiger partial charge is 0.414 e. The van der Waals surface area contributed by atoms with Crippen molar-refractivity contribution in [2.45, 2.75) is 13.0 Å². The van der Waals surface area contributed by atoms with Crippen molar-refractivity contribution in [2.24, 2.45) is 4.99 Å². The van der Waals surface area contributed by atoms with Crippen molar-refractivity contribution in [3.8, 4) is 11.1 Å². The molecule has 0 spiro atoms. The number of halogens is 1. The highest BCUT2D eigenvalue weighted by Gasteiger charge is 2.32. The van der Waals surface area contributed by atoms with Crippen molar-refractivity contribution in [3.05, 3.63) is 54.2 Å². The van der Waals surface area contributed by atoms with Crippen LogP contribution in [-0.2, 0) is 19.4 Å². The highest BCUT2D eigenvalue weighted by molar-refractivity contribution is 7.90. The summed E-state index contributed by atoms with van der Waals surface area (Å²) in [7, 11) is -3.22. The molecule has 3 heterocycles. The standard InChI is InChI=1S/C22H22FN5O5S/c1-14(29)25-9-18-12-28(22(30)33-18)17-4-5-19(20(23)7-17)15-3-6-21-26-16(11-27(21)10-15)8-24-13-34(2,31)32/h3-8,10-11,18H,9,12-13H2,1-2H3,(H,25,29)/t18-/m0/s1. The molecule has 2 amide bonds. The van der Waals surface area contributed by atoms with E-state index in [2.05, 4.69) is 15.3 Å². The van der Waals surface area contributed by atoms with Crippen molar-refractivity contribution >= 4 is 39.4 Å². The first-order valence-electron chi connectivity index (χ1n) is 10.3. The number of nitrogens with one attached hydrogen (secondary N) is 1. The van der Waals surface area contributed by atoms with Crippen LogP contribution in [0.4, 0.5) is 14.9 Å². The normalized spacial score (nSPS) is 16.4. The van der Waals surface area contributed by atoms with Gasteiger partial charge in [-0.3, -0.25) is 14.7 Å². The molecule has 0 radical (unpaired) electrons. The molecule has 3 aromatic rings. The Morgan fingerprint density at radius 2 is 2.12 bits per heavy atom. The van der Waals surface area contributed by atoms with Crippen LogP contribution in [-0.4, -0.2) is 67.3 Å². The van der Waals surface area contributed by atoms with Gasteiger partial charge in [0.15, 0.2) is 9.84 Å². The third-order valence-electron chi connectivity index (χ3n) is 5.03. The fraction of sp³-hybridized carbons (Fsp3) is 0.273. The van der Waals surface area contributed by atoms with Crippen molar-refractivity contribution in [2.75, 3.05) is 30.1 Å². The van der Waals surface area contributed by atoms with E-state index < -0.39 is 27.9 Å². The molecule has 1 aliphatic heterocycles. The number of carbonyl (C=O) groups is 2. The average Bonchev–Trinajstić information content (AvgIpc) is 3.33. The van der Waals surface area contributed by atoms with Crippen LogP contribution < -0.4 is 10.2 Å². The maximum Gasteiger partial charge on any atom is 0.414 e. The van der Waals surface area contributed by atoms with Gasteiger partial charge in [0, 0.05) is 42.9 Å². The van der Waals surface area contributed by atoms with Crippen LogP contribution >= 0.6 is 0 Å². The number of hydrogen-bond donors (Lipinski definition) is 1. The van der Waals surface area contributed by atoms with E-state index in [1.54, 1.807) is 41.1 Å². The predicted molar refractivity (Wildman–Crippen MR) is 124 cm³/mol. The molecule has 0 aliphatic carbocycles. The Hall–Kier alpha value is -3.80. The van der Waals surface area contributed by atoms with Crippen molar-refractivity contribution in [1.82, 2.24) is 14.7 Å². The number of amides is 2. The number of nitrogens with zero attached hydrogens (tertiary/aromatic N) is 4. The summed E-state index contributed by atoms with van der Waals surface area (Å²) in [6.45, 7) is 1.75. The summed E-state index contributed by atoms with van der Waals surface area (Å²) in [5.41, 5.74) is 2.32. The lowest BCUT2D eigenvalue weighted by Crippen LogP contribution is -2.33. The molecule has 1 atom stereocenters. The van der Waals surface area contributed by atoms with Crippen LogP contribution in [0.5, 0.6) is 0 Å². The molecule has 12 heteroatoms. The van der Waals surface area contributed by atoms with Crippen molar-refractivity contribution in [3.63, 3.8) is 0 Å². The largest absolute Gasteiger partial charge is 0.442 e. The first kappa shape index (κ1) is 23.4. The number of fused-ring (bicyclic) bond motifs is 1. The van der Waals surface area contributed by atoms with Gasteiger partial charge in [-0.05, 0) is 30.3 Å². The lowest BCUT2D eigenvalue weighted by molar-refractivity contribution is -0.119. The van der Waals surface area contributed by atoms with Crippen molar-refractivity contribution in [1.29, 1.82) is 0 Å². The maximum absolute atomic E-state index is 15.0. The topological polar surface area (TPSA) is 122 Å². The molecule has 1 aromatic carbocycles. The molecule has 4 rings (SSSR count). The maximum atomic E-state index is 15.0. The van der Waals surface area contributed by atoms with Crippen LogP contribution in [0, 0.1) is 5.82 Å². The molecule has 1 fully saturated rings. The van der Waals surface area contributed by atoms with Crippen molar-refractivity contribution < 1.29 is 27.1 Å². The van der Waals surface area contributed by atoms with Crippen LogP contribution in [0.25, 0.3) is 16.8 Å². The third kappa shape index (κ3) is 5.39. The molecule has 0 bridgehead atoms. The zero-order valence-corrected chi connectivity index (χ0v) is 19.3. The number of imidazole rings is 1. The monoisotopic (exact) mass is 487 g/mol. The molecule has 0 unspecified atom stereocenters. The summed E-state index contributed by atoms with van der Waals surface area (Å²) in [5.74, 6) is -1.08. The van der Waals surface area contributed by atoms with E-state index in [0.29, 0.717) is 28.2 Å². The van der Waals surface area contributed by atoms with E-state index in [4.69, 9.17) is 4.74 Å². The number of ether oxygens (including phenoxy) is 1. The molecule has 1 N–H and O–H groups in total. The zero-order chi connectivity index (χ0) is 24.5. The summed E-state index contributed by atoms with van der Waals surface area (Å²) in [4.78, 5) is 32.8. The molecule has 0 saturated carbocycles. The minimum absolute atomic E-state index is 0.185. The molecular formula is C22H22FN5O5S. The van der Waals surface area contributed by atoms with E-state index in [-0.39, 0.29) is 24.9 Å². The first-order chi connectivity index (χ1) is 16.1. The number of benzene rings is 1. The minimum Gasteiger partial charge on any atom is -0.442 e. The van der Waals surface area contributed by atoms with Gasteiger partial charge in [0.2, 0.25) is 5.91 Å². The number of rotatable bonds is 7.